The number of hydrogen-bond acceptors (Lipinski definition) is 1. The molecule has 0 aliphatic heterocycles. The van der Waals surface area contributed by atoms with Crippen molar-refractivity contribution in [3.8, 4) is 0 Å². The van der Waals surface area contributed by atoms with Crippen molar-refractivity contribution in [2.24, 2.45) is 0 Å². The third-order valence-electron chi connectivity index (χ3n) is 3.38. The summed E-state index contributed by atoms with van der Waals surface area (Å²) in [6.45, 7) is 7.05. The van der Waals surface area contributed by atoms with E-state index in [1.165, 1.54) is 17.2 Å². The highest BCUT2D eigenvalue weighted by Gasteiger charge is 2.15. The van der Waals surface area contributed by atoms with Crippen LogP contribution in [0, 0.1) is 19.7 Å². The number of nitrogens with one attached hydrogen (secondary N) is 1. The molecule has 2 aromatic carbocycles. The Kier molecular flexibility index (Phi) is 4.95. The van der Waals surface area contributed by atoms with Gasteiger partial charge in [-0.2, -0.15) is 0 Å². The van der Waals surface area contributed by atoms with Crippen LogP contribution in [0.4, 0.5) is 4.39 Å². The largest absolute Gasteiger partial charge is 0.307 e. The minimum Gasteiger partial charge on any atom is -0.307 e. The Morgan fingerprint density at radius 1 is 1.10 bits per heavy atom. The summed E-state index contributed by atoms with van der Waals surface area (Å²) < 4.78 is 14.6. The van der Waals surface area contributed by atoms with Gasteiger partial charge in [0, 0.05) is 4.47 Å². The first-order valence-electron chi connectivity index (χ1n) is 6.78. The van der Waals surface area contributed by atoms with Crippen molar-refractivity contribution < 1.29 is 4.39 Å². The molecular weight excluding hydrogens is 317 g/mol. The second kappa shape index (κ2) is 6.51. The van der Waals surface area contributed by atoms with Crippen LogP contribution in [-0.4, -0.2) is 6.54 Å². The molecule has 0 saturated carbocycles. The molecule has 0 aliphatic carbocycles. The molecule has 0 fully saturated rings. The lowest BCUT2D eigenvalue weighted by Crippen LogP contribution is -2.22. The lowest BCUT2D eigenvalue weighted by atomic mass is 9.95. The lowest BCUT2D eigenvalue weighted by Gasteiger charge is -2.21. The number of rotatable bonds is 4. The third-order valence-corrected chi connectivity index (χ3v) is 4.63. The van der Waals surface area contributed by atoms with Crippen LogP contribution in [0.5, 0.6) is 0 Å². The van der Waals surface area contributed by atoms with Crippen LogP contribution >= 0.6 is 15.9 Å². The fourth-order valence-electron chi connectivity index (χ4n) is 2.46. The van der Waals surface area contributed by atoms with E-state index in [-0.39, 0.29) is 11.9 Å². The maximum absolute atomic E-state index is 13.5. The molecule has 0 amide bonds. The van der Waals surface area contributed by atoms with Crippen LogP contribution in [0.15, 0.2) is 40.9 Å². The SMILES string of the molecule is CCNC(c1cccc(F)c1)c1cc(C)c(Br)c(C)c1. The van der Waals surface area contributed by atoms with Gasteiger partial charge in [-0.3, -0.25) is 0 Å². The van der Waals surface area contributed by atoms with E-state index in [0.29, 0.717) is 0 Å². The van der Waals surface area contributed by atoms with E-state index in [0.717, 1.165) is 22.1 Å². The summed E-state index contributed by atoms with van der Waals surface area (Å²) in [5.74, 6) is -0.198. The molecule has 0 heterocycles. The summed E-state index contributed by atoms with van der Waals surface area (Å²) >= 11 is 3.59. The maximum atomic E-state index is 13.5. The normalized spacial score (nSPS) is 12.4. The molecule has 0 bridgehead atoms. The van der Waals surface area contributed by atoms with Crippen molar-refractivity contribution in [1.82, 2.24) is 5.32 Å². The first kappa shape index (κ1) is 15.2. The Bertz CT molecular complexity index is 587. The highest BCUT2D eigenvalue weighted by molar-refractivity contribution is 9.10. The summed E-state index contributed by atoms with van der Waals surface area (Å²) in [5.41, 5.74) is 4.50. The van der Waals surface area contributed by atoms with E-state index in [4.69, 9.17) is 0 Å². The molecule has 0 aliphatic rings. The smallest absolute Gasteiger partial charge is 0.123 e. The summed E-state index contributed by atoms with van der Waals surface area (Å²) in [6, 6.07) is 11.1. The molecule has 3 heteroatoms. The Morgan fingerprint density at radius 2 is 1.75 bits per heavy atom. The molecule has 1 nitrogen and oxygen atoms in total. The molecule has 1 unspecified atom stereocenters. The van der Waals surface area contributed by atoms with Crippen LogP contribution in [0.3, 0.4) is 0 Å². The minimum atomic E-state index is -0.198. The Labute approximate surface area is 128 Å². The Hall–Kier alpha value is -1.19. The van der Waals surface area contributed by atoms with Gasteiger partial charge in [0.1, 0.15) is 5.82 Å². The van der Waals surface area contributed by atoms with Crippen molar-refractivity contribution in [2.75, 3.05) is 6.54 Å². The zero-order chi connectivity index (χ0) is 14.7. The van der Waals surface area contributed by atoms with Crippen molar-refractivity contribution in [1.29, 1.82) is 0 Å². The van der Waals surface area contributed by atoms with E-state index < -0.39 is 0 Å². The van der Waals surface area contributed by atoms with Crippen molar-refractivity contribution in [2.45, 2.75) is 26.8 Å². The second-order valence-corrected chi connectivity index (χ2v) is 5.81. The van der Waals surface area contributed by atoms with Crippen LogP contribution in [0.2, 0.25) is 0 Å². The van der Waals surface area contributed by atoms with E-state index in [9.17, 15) is 4.39 Å². The summed E-state index contributed by atoms with van der Waals surface area (Å²) in [5, 5.41) is 3.43. The monoisotopic (exact) mass is 335 g/mol. The lowest BCUT2D eigenvalue weighted by molar-refractivity contribution is 0.603. The van der Waals surface area contributed by atoms with Gasteiger partial charge in [0.2, 0.25) is 0 Å². The predicted octanol–water partition coefficient (Wildman–Crippen LogP) is 4.90. The number of aryl methyl sites for hydroxylation is 2. The molecule has 106 valence electrons. The molecule has 0 spiro atoms. The van der Waals surface area contributed by atoms with Gasteiger partial charge in [0.15, 0.2) is 0 Å². The second-order valence-electron chi connectivity index (χ2n) is 5.01. The van der Waals surface area contributed by atoms with Gasteiger partial charge in [-0.05, 0) is 54.8 Å². The molecule has 1 N–H and O–H groups in total. The fraction of sp³-hybridized carbons (Fsp3) is 0.294. The van der Waals surface area contributed by atoms with E-state index in [1.54, 1.807) is 12.1 Å². The van der Waals surface area contributed by atoms with Gasteiger partial charge < -0.3 is 5.32 Å². The van der Waals surface area contributed by atoms with Crippen LogP contribution in [0.1, 0.15) is 35.2 Å². The molecule has 2 aromatic rings. The molecule has 0 aromatic heterocycles. The Morgan fingerprint density at radius 3 is 2.30 bits per heavy atom. The van der Waals surface area contributed by atoms with E-state index >= 15 is 0 Å². The number of halogens is 2. The van der Waals surface area contributed by atoms with Crippen LogP contribution in [-0.2, 0) is 0 Å². The molecular formula is C17H19BrFN. The van der Waals surface area contributed by atoms with Gasteiger partial charge >= 0.3 is 0 Å². The third kappa shape index (κ3) is 3.28. The Balaban J connectivity index is 2.48. The quantitative estimate of drug-likeness (QED) is 0.837. The number of hydrogen-bond donors (Lipinski definition) is 1. The zero-order valence-electron chi connectivity index (χ0n) is 12.0. The molecule has 20 heavy (non-hydrogen) atoms. The van der Waals surface area contributed by atoms with Crippen LogP contribution in [0.25, 0.3) is 0 Å². The number of benzene rings is 2. The first-order chi connectivity index (χ1) is 9.52. The predicted molar refractivity (Wildman–Crippen MR) is 85.5 cm³/mol. The van der Waals surface area contributed by atoms with Crippen molar-refractivity contribution >= 4 is 15.9 Å². The molecule has 0 saturated heterocycles. The van der Waals surface area contributed by atoms with Crippen molar-refractivity contribution in [3.05, 3.63) is 68.9 Å². The van der Waals surface area contributed by atoms with Crippen LogP contribution < -0.4 is 5.32 Å². The van der Waals surface area contributed by atoms with E-state index in [1.807, 2.05) is 6.07 Å². The van der Waals surface area contributed by atoms with Gasteiger partial charge in [-0.15, -0.1) is 0 Å². The highest BCUT2D eigenvalue weighted by Crippen LogP contribution is 2.29. The van der Waals surface area contributed by atoms with Gasteiger partial charge in [0.05, 0.1) is 6.04 Å². The van der Waals surface area contributed by atoms with Gasteiger partial charge in [-0.25, -0.2) is 4.39 Å². The highest BCUT2D eigenvalue weighted by atomic mass is 79.9. The maximum Gasteiger partial charge on any atom is 0.123 e. The molecule has 1 atom stereocenters. The summed E-state index contributed by atoms with van der Waals surface area (Å²) in [7, 11) is 0. The molecule has 0 radical (unpaired) electrons. The fourth-order valence-corrected chi connectivity index (χ4v) is 2.69. The van der Waals surface area contributed by atoms with Gasteiger partial charge in [0.25, 0.3) is 0 Å². The molecule has 2 rings (SSSR count). The summed E-state index contributed by atoms with van der Waals surface area (Å²) in [4.78, 5) is 0. The summed E-state index contributed by atoms with van der Waals surface area (Å²) in [6.07, 6.45) is 0. The zero-order valence-corrected chi connectivity index (χ0v) is 13.6. The topological polar surface area (TPSA) is 12.0 Å². The first-order valence-corrected chi connectivity index (χ1v) is 7.57. The van der Waals surface area contributed by atoms with Crippen molar-refractivity contribution in [3.63, 3.8) is 0 Å². The average Bonchev–Trinajstić information content (AvgIpc) is 2.41. The standard InChI is InChI=1S/C17H19BrFN/c1-4-20-17(13-6-5-7-15(19)10-13)14-8-11(2)16(18)12(3)9-14/h5-10,17,20H,4H2,1-3H3. The minimum absolute atomic E-state index is 0.0150. The van der Waals surface area contributed by atoms with Gasteiger partial charge in [-0.1, -0.05) is 47.1 Å². The van der Waals surface area contributed by atoms with E-state index in [2.05, 4.69) is 54.2 Å². The average molecular weight is 336 g/mol.